The normalized spacial score (nSPS) is 20.3. The van der Waals surface area contributed by atoms with Crippen molar-refractivity contribution in [2.45, 2.75) is 70.6 Å². The highest BCUT2D eigenvalue weighted by Gasteiger charge is 2.48. The monoisotopic (exact) mass is 589 g/mol. The van der Waals surface area contributed by atoms with Crippen LogP contribution in [0.5, 0.6) is 11.5 Å². The number of methoxy groups -OCH3 is 1. The van der Waals surface area contributed by atoms with Gasteiger partial charge in [0.15, 0.2) is 23.1 Å². The Hall–Kier alpha value is -3.65. The van der Waals surface area contributed by atoms with Crippen LogP contribution < -0.4 is 8.92 Å². The molecule has 0 radical (unpaired) electrons. The highest BCUT2D eigenvalue weighted by molar-refractivity contribution is 7.87. The summed E-state index contributed by atoms with van der Waals surface area (Å²) in [6.45, 7) is 12.3. The molecule has 42 heavy (non-hydrogen) atoms. The molecule has 0 fully saturated rings. The van der Waals surface area contributed by atoms with E-state index in [1.807, 2.05) is 13.1 Å². The maximum Gasteiger partial charge on any atom is 0.339 e. The molecule has 1 aliphatic heterocycles. The summed E-state index contributed by atoms with van der Waals surface area (Å²) in [5, 5.41) is 0. The Bertz CT molecular complexity index is 1590. The largest absolute Gasteiger partial charge is 0.493 e. The molecule has 2 aromatic rings. The van der Waals surface area contributed by atoms with Crippen molar-refractivity contribution >= 4 is 21.7 Å². The fourth-order valence-electron chi connectivity index (χ4n) is 6.65. The summed E-state index contributed by atoms with van der Waals surface area (Å²) in [6, 6.07) is 11.5. The Kier molecular flexibility index (Phi) is 7.50. The molecule has 0 unspecified atom stereocenters. The molecule has 222 valence electrons. The fourth-order valence-corrected chi connectivity index (χ4v) is 7.64. The standard InChI is InChI=1S/C34H39NO6S/c1-8-12-21-15-22(16-28(40-7)32(21)41-42(38,39)23-13-10-9-11-14-23)29-30-24(17-33(2,3)19-26(30)36)35(6)25-18-34(4,5)20-27(37)31(25)29/h8-11,13-16,29H,1,12,17-20H2,2-7H3. The minimum atomic E-state index is -4.16. The lowest BCUT2D eigenvalue weighted by Gasteiger charge is -2.48. The second kappa shape index (κ2) is 10.6. The van der Waals surface area contributed by atoms with Crippen molar-refractivity contribution in [2.24, 2.45) is 10.8 Å². The molecule has 0 atom stereocenters. The van der Waals surface area contributed by atoms with Crippen LogP contribution in [0.2, 0.25) is 0 Å². The smallest absolute Gasteiger partial charge is 0.339 e. The number of ether oxygens (including phenoxy) is 1. The SMILES string of the molecule is C=CCc1cc(C2C3=C(CC(C)(C)CC3=O)N(C)C3=C2C(=O)CC(C)(C)C3)cc(OC)c1OS(=O)(=O)c1ccccc1. The average molecular weight is 590 g/mol. The van der Waals surface area contributed by atoms with Crippen LogP contribution in [0.4, 0.5) is 0 Å². The van der Waals surface area contributed by atoms with Crippen molar-refractivity contribution in [3.8, 4) is 11.5 Å². The lowest BCUT2D eigenvalue weighted by Crippen LogP contribution is -2.43. The third-order valence-electron chi connectivity index (χ3n) is 8.48. The van der Waals surface area contributed by atoms with Crippen LogP contribution in [0.25, 0.3) is 0 Å². The van der Waals surface area contributed by atoms with Gasteiger partial charge in [0.05, 0.1) is 7.11 Å². The van der Waals surface area contributed by atoms with Gasteiger partial charge < -0.3 is 13.8 Å². The molecule has 2 aromatic carbocycles. The second-order valence-corrected chi connectivity index (χ2v) is 14.7. The number of Topliss-reactive ketones (excluding diaryl/α,β-unsaturated/α-hetero) is 2. The van der Waals surface area contributed by atoms with Crippen molar-refractivity contribution in [1.29, 1.82) is 0 Å². The number of allylic oxidation sites excluding steroid dienone is 5. The van der Waals surface area contributed by atoms with Crippen molar-refractivity contribution in [3.05, 3.63) is 88.8 Å². The van der Waals surface area contributed by atoms with Gasteiger partial charge in [-0.15, -0.1) is 6.58 Å². The lowest BCUT2D eigenvalue weighted by molar-refractivity contribution is -0.119. The molecule has 7 nitrogen and oxygen atoms in total. The van der Waals surface area contributed by atoms with Crippen molar-refractivity contribution in [2.75, 3.05) is 14.2 Å². The molecule has 8 heteroatoms. The zero-order valence-electron chi connectivity index (χ0n) is 25.2. The van der Waals surface area contributed by atoms with Crippen LogP contribution in [0.15, 0.2) is 82.6 Å². The molecule has 0 aromatic heterocycles. The molecule has 0 saturated heterocycles. The predicted molar refractivity (Wildman–Crippen MR) is 162 cm³/mol. The third-order valence-corrected chi connectivity index (χ3v) is 9.71. The predicted octanol–water partition coefficient (Wildman–Crippen LogP) is 6.51. The van der Waals surface area contributed by atoms with Crippen LogP contribution in [0.1, 0.15) is 70.4 Å². The minimum Gasteiger partial charge on any atom is -0.493 e. The first-order valence-corrected chi connectivity index (χ1v) is 15.7. The number of carbonyl (C=O) groups is 2. The van der Waals surface area contributed by atoms with Gasteiger partial charge in [-0.25, -0.2) is 0 Å². The molecule has 0 N–H and O–H groups in total. The van der Waals surface area contributed by atoms with Gasteiger partial charge in [-0.2, -0.15) is 8.42 Å². The number of hydrogen-bond donors (Lipinski definition) is 0. The maximum absolute atomic E-state index is 13.9. The van der Waals surface area contributed by atoms with Crippen molar-refractivity contribution in [3.63, 3.8) is 0 Å². The Morgan fingerprint density at radius 1 is 0.929 bits per heavy atom. The van der Waals surface area contributed by atoms with Gasteiger partial charge >= 0.3 is 10.1 Å². The molecule has 0 bridgehead atoms. The van der Waals surface area contributed by atoms with E-state index in [0.717, 1.165) is 11.4 Å². The summed E-state index contributed by atoms with van der Waals surface area (Å²) in [4.78, 5) is 29.9. The summed E-state index contributed by atoms with van der Waals surface area (Å²) in [7, 11) is -0.740. The Morgan fingerprint density at radius 3 is 1.98 bits per heavy atom. The van der Waals surface area contributed by atoms with E-state index in [9.17, 15) is 18.0 Å². The summed E-state index contributed by atoms with van der Waals surface area (Å²) in [5.41, 5.74) is 3.98. The maximum atomic E-state index is 13.9. The Balaban J connectivity index is 1.73. The zero-order chi connectivity index (χ0) is 30.6. The van der Waals surface area contributed by atoms with Crippen molar-refractivity contribution in [1.82, 2.24) is 4.90 Å². The van der Waals surface area contributed by atoms with Gasteiger partial charge in [-0.3, -0.25) is 9.59 Å². The Morgan fingerprint density at radius 2 is 1.48 bits per heavy atom. The molecule has 1 heterocycles. The van der Waals surface area contributed by atoms with E-state index in [1.54, 1.807) is 30.3 Å². The first-order chi connectivity index (χ1) is 19.7. The molecular weight excluding hydrogens is 550 g/mol. The number of ketones is 2. The molecule has 0 saturated carbocycles. The molecule has 0 spiro atoms. The molecular formula is C34H39NO6S. The van der Waals surface area contributed by atoms with Gasteiger partial charge in [0.25, 0.3) is 0 Å². The number of hydrogen-bond acceptors (Lipinski definition) is 7. The van der Waals surface area contributed by atoms with Crippen LogP contribution >= 0.6 is 0 Å². The zero-order valence-corrected chi connectivity index (χ0v) is 26.1. The van der Waals surface area contributed by atoms with Gasteiger partial charge in [-0.1, -0.05) is 58.0 Å². The number of rotatable bonds is 7. The average Bonchev–Trinajstić information content (AvgIpc) is 2.90. The quantitative estimate of drug-likeness (QED) is 0.269. The summed E-state index contributed by atoms with van der Waals surface area (Å²) < 4.78 is 37.9. The third kappa shape index (κ3) is 5.33. The first kappa shape index (κ1) is 29.8. The first-order valence-electron chi connectivity index (χ1n) is 14.3. The van der Waals surface area contributed by atoms with Gasteiger partial charge in [-0.05, 0) is 53.9 Å². The lowest BCUT2D eigenvalue weighted by atomic mass is 9.63. The van der Waals surface area contributed by atoms with Crippen molar-refractivity contribution < 1.29 is 26.9 Å². The van der Waals surface area contributed by atoms with Crippen LogP contribution in [0.3, 0.4) is 0 Å². The fraction of sp³-hybridized carbons (Fsp3) is 0.412. The van der Waals surface area contributed by atoms with Crippen LogP contribution in [-0.2, 0) is 26.1 Å². The van der Waals surface area contributed by atoms with E-state index in [1.165, 1.54) is 19.2 Å². The molecule has 3 aliphatic rings. The molecule has 0 amide bonds. The van der Waals surface area contributed by atoms with E-state index < -0.39 is 16.0 Å². The van der Waals surface area contributed by atoms with Gasteiger partial charge in [0, 0.05) is 53.9 Å². The van der Waals surface area contributed by atoms with Gasteiger partial charge in [0.2, 0.25) is 0 Å². The van der Waals surface area contributed by atoms with Crippen LogP contribution in [-0.4, -0.2) is 39.0 Å². The molecule has 2 aliphatic carbocycles. The number of carbonyl (C=O) groups excluding carboxylic acids is 2. The van der Waals surface area contributed by atoms with Gasteiger partial charge in [0.1, 0.15) is 4.90 Å². The van der Waals surface area contributed by atoms with Crippen LogP contribution in [0, 0.1) is 10.8 Å². The minimum absolute atomic E-state index is 0.0198. The summed E-state index contributed by atoms with van der Waals surface area (Å²) in [5.74, 6) is -0.263. The van der Waals surface area contributed by atoms with E-state index in [-0.39, 0.29) is 45.2 Å². The summed E-state index contributed by atoms with van der Waals surface area (Å²) in [6.07, 6.45) is 4.12. The Labute approximate surface area is 249 Å². The number of benzene rings is 2. The topological polar surface area (TPSA) is 90.0 Å². The molecule has 5 rings (SSSR count). The van der Waals surface area contributed by atoms with E-state index in [0.29, 0.717) is 48.0 Å². The van der Waals surface area contributed by atoms with E-state index >= 15 is 0 Å². The summed E-state index contributed by atoms with van der Waals surface area (Å²) >= 11 is 0. The second-order valence-electron chi connectivity index (χ2n) is 13.1. The van der Waals surface area contributed by atoms with E-state index in [4.69, 9.17) is 8.92 Å². The number of nitrogens with zero attached hydrogens (tertiary/aromatic N) is 1. The highest BCUT2D eigenvalue weighted by atomic mass is 32.2. The van der Waals surface area contributed by atoms with E-state index in [2.05, 4.69) is 39.2 Å². The highest BCUT2D eigenvalue weighted by Crippen LogP contribution is 2.54.